The molecule has 9 nitrogen and oxygen atoms in total. The molecular formula is C19H35N7O2. The van der Waals surface area contributed by atoms with Gasteiger partial charge in [0.1, 0.15) is 12.2 Å². The summed E-state index contributed by atoms with van der Waals surface area (Å²) in [6, 6.07) is 0. The molecule has 2 rings (SSSR count). The number of aromatic nitrogens is 3. The number of nitrogens with zero attached hydrogens (tertiary/aromatic N) is 5. The molecule has 1 aromatic heterocycles. The van der Waals surface area contributed by atoms with E-state index in [1.165, 1.54) is 0 Å². The van der Waals surface area contributed by atoms with Crippen molar-refractivity contribution in [2.45, 2.75) is 52.5 Å². The molecule has 158 valence electrons. The number of hydrogen-bond acceptors (Lipinski definition) is 5. The molecule has 2 heterocycles. The Hall–Kier alpha value is -2.16. The Morgan fingerprint density at radius 3 is 2.86 bits per heavy atom. The lowest BCUT2D eigenvalue weighted by Gasteiger charge is -2.15. The fourth-order valence-corrected chi connectivity index (χ4v) is 3.13. The van der Waals surface area contributed by atoms with Gasteiger partial charge < -0.3 is 24.8 Å². The number of carbonyl (C=O) groups excluding carboxylic acids is 1. The van der Waals surface area contributed by atoms with Gasteiger partial charge in [-0.15, -0.1) is 10.2 Å². The molecule has 0 aliphatic carbocycles. The van der Waals surface area contributed by atoms with Gasteiger partial charge in [-0.1, -0.05) is 6.92 Å². The Balaban J connectivity index is 1.74. The van der Waals surface area contributed by atoms with E-state index < -0.39 is 0 Å². The zero-order chi connectivity index (χ0) is 20.0. The van der Waals surface area contributed by atoms with Crippen molar-refractivity contribution in [2.24, 2.45) is 4.99 Å². The van der Waals surface area contributed by atoms with Gasteiger partial charge in [0.25, 0.3) is 0 Å². The summed E-state index contributed by atoms with van der Waals surface area (Å²) in [5.41, 5.74) is 0. The number of rotatable bonds is 13. The lowest BCUT2D eigenvalue weighted by molar-refractivity contribution is -0.127. The molecule has 28 heavy (non-hydrogen) atoms. The summed E-state index contributed by atoms with van der Waals surface area (Å²) in [5.74, 6) is 2.06. The van der Waals surface area contributed by atoms with Crippen LogP contribution in [0.2, 0.25) is 0 Å². The number of ether oxygens (including phenoxy) is 1. The van der Waals surface area contributed by atoms with Gasteiger partial charge in [0.05, 0.1) is 0 Å². The highest BCUT2D eigenvalue weighted by molar-refractivity contribution is 5.79. The molecule has 1 amide bonds. The number of guanidine groups is 1. The minimum atomic E-state index is 0.275. The van der Waals surface area contributed by atoms with Crippen LogP contribution in [0.15, 0.2) is 11.3 Å². The molecule has 1 aliphatic heterocycles. The molecule has 0 spiro atoms. The van der Waals surface area contributed by atoms with Crippen LogP contribution in [0, 0.1) is 0 Å². The summed E-state index contributed by atoms with van der Waals surface area (Å²) in [6.07, 6.45) is 6.12. The summed E-state index contributed by atoms with van der Waals surface area (Å²) in [5, 5.41) is 14.8. The van der Waals surface area contributed by atoms with Gasteiger partial charge in [0.2, 0.25) is 5.91 Å². The number of aliphatic imine (C=N–C) groups is 1. The SMILES string of the molecule is CCOCCCNC(=NCCCN1CCCC1=O)NCCn1cnnc1CC. The van der Waals surface area contributed by atoms with Crippen LogP contribution in [-0.4, -0.2) is 77.5 Å². The van der Waals surface area contributed by atoms with Crippen LogP contribution in [0.5, 0.6) is 0 Å². The second kappa shape index (κ2) is 13.1. The molecule has 2 N–H and O–H groups in total. The maximum Gasteiger partial charge on any atom is 0.222 e. The average Bonchev–Trinajstić information content (AvgIpc) is 3.33. The van der Waals surface area contributed by atoms with Gasteiger partial charge in [-0.2, -0.15) is 0 Å². The zero-order valence-corrected chi connectivity index (χ0v) is 17.3. The second-order valence-corrected chi connectivity index (χ2v) is 6.77. The summed E-state index contributed by atoms with van der Waals surface area (Å²) in [6.45, 7) is 10.3. The molecule has 1 aromatic rings. The summed E-state index contributed by atoms with van der Waals surface area (Å²) in [4.78, 5) is 18.3. The third-order valence-electron chi connectivity index (χ3n) is 4.65. The van der Waals surface area contributed by atoms with Crippen LogP contribution in [0.3, 0.4) is 0 Å². The van der Waals surface area contributed by atoms with Crippen molar-refractivity contribution in [3.63, 3.8) is 0 Å². The van der Waals surface area contributed by atoms with Gasteiger partial charge in [-0.25, -0.2) is 0 Å². The molecule has 1 saturated heterocycles. The van der Waals surface area contributed by atoms with Crippen molar-refractivity contribution in [3.05, 3.63) is 12.2 Å². The van der Waals surface area contributed by atoms with Crippen molar-refractivity contribution in [1.29, 1.82) is 0 Å². The lowest BCUT2D eigenvalue weighted by Crippen LogP contribution is -2.40. The first-order chi connectivity index (χ1) is 13.7. The predicted molar refractivity (Wildman–Crippen MR) is 109 cm³/mol. The van der Waals surface area contributed by atoms with E-state index in [2.05, 4.69) is 37.3 Å². The van der Waals surface area contributed by atoms with Crippen molar-refractivity contribution in [3.8, 4) is 0 Å². The summed E-state index contributed by atoms with van der Waals surface area (Å²) >= 11 is 0. The Morgan fingerprint density at radius 1 is 1.25 bits per heavy atom. The van der Waals surface area contributed by atoms with Gasteiger partial charge >= 0.3 is 0 Å². The second-order valence-electron chi connectivity index (χ2n) is 6.77. The first-order valence-electron chi connectivity index (χ1n) is 10.5. The largest absolute Gasteiger partial charge is 0.382 e. The average molecular weight is 394 g/mol. The van der Waals surface area contributed by atoms with Crippen LogP contribution < -0.4 is 10.6 Å². The van der Waals surface area contributed by atoms with E-state index in [-0.39, 0.29) is 5.91 Å². The fourth-order valence-electron chi connectivity index (χ4n) is 3.13. The van der Waals surface area contributed by atoms with E-state index >= 15 is 0 Å². The van der Waals surface area contributed by atoms with Crippen LogP contribution in [0.4, 0.5) is 0 Å². The van der Waals surface area contributed by atoms with Crippen LogP contribution in [-0.2, 0) is 22.5 Å². The third-order valence-corrected chi connectivity index (χ3v) is 4.65. The van der Waals surface area contributed by atoms with Crippen molar-refractivity contribution in [1.82, 2.24) is 30.3 Å². The highest BCUT2D eigenvalue weighted by atomic mass is 16.5. The first-order valence-corrected chi connectivity index (χ1v) is 10.5. The molecule has 0 aromatic carbocycles. The Bertz CT molecular complexity index is 603. The number of amides is 1. The standard InChI is InChI=1S/C19H35N7O2/c1-3-17-24-23-16-26(17)14-11-22-19(21-10-7-15-28-4-2)20-9-6-13-25-12-5-8-18(25)27/h16H,3-15H2,1-2H3,(H2,20,21,22). The maximum absolute atomic E-state index is 11.7. The molecule has 0 saturated carbocycles. The molecule has 9 heteroatoms. The zero-order valence-electron chi connectivity index (χ0n) is 17.3. The summed E-state index contributed by atoms with van der Waals surface area (Å²) < 4.78 is 7.44. The Labute approximate surface area is 167 Å². The third kappa shape index (κ3) is 7.84. The molecular weight excluding hydrogens is 358 g/mol. The van der Waals surface area contributed by atoms with Gasteiger partial charge in [0, 0.05) is 65.3 Å². The van der Waals surface area contributed by atoms with Crippen molar-refractivity contribution >= 4 is 11.9 Å². The van der Waals surface area contributed by atoms with Gasteiger partial charge in [-0.05, 0) is 26.2 Å². The van der Waals surface area contributed by atoms with Crippen LogP contribution >= 0.6 is 0 Å². The van der Waals surface area contributed by atoms with E-state index in [0.717, 1.165) is 83.4 Å². The number of likely N-dealkylation sites (tertiary alicyclic amines) is 1. The van der Waals surface area contributed by atoms with Gasteiger partial charge in [0.15, 0.2) is 5.96 Å². The van der Waals surface area contributed by atoms with E-state index in [0.29, 0.717) is 13.0 Å². The molecule has 0 bridgehead atoms. The quantitative estimate of drug-likeness (QED) is 0.293. The first kappa shape index (κ1) is 22.1. The Kier molecular flexibility index (Phi) is 10.3. The minimum absolute atomic E-state index is 0.275. The fraction of sp³-hybridized carbons (Fsp3) is 0.789. The predicted octanol–water partition coefficient (Wildman–Crippen LogP) is 0.815. The van der Waals surface area contributed by atoms with Gasteiger partial charge in [-0.3, -0.25) is 9.79 Å². The topological polar surface area (TPSA) is 96.7 Å². The van der Waals surface area contributed by atoms with E-state index in [1.807, 2.05) is 11.8 Å². The minimum Gasteiger partial charge on any atom is -0.382 e. The normalized spacial score (nSPS) is 14.7. The monoisotopic (exact) mass is 393 g/mol. The molecule has 0 radical (unpaired) electrons. The summed E-state index contributed by atoms with van der Waals surface area (Å²) in [7, 11) is 0. The maximum atomic E-state index is 11.7. The van der Waals surface area contributed by atoms with Crippen molar-refractivity contribution < 1.29 is 9.53 Å². The number of hydrogen-bond donors (Lipinski definition) is 2. The smallest absolute Gasteiger partial charge is 0.222 e. The highest BCUT2D eigenvalue weighted by Gasteiger charge is 2.18. The van der Waals surface area contributed by atoms with E-state index in [9.17, 15) is 4.79 Å². The molecule has 0 atom stereocenters. The van der Waals surface area contributed by atoms with E-state index in [1.54, 1.807) is 6.33 Å². The Morgan fingerprint density at radius 2 is 2.11 bits per heavy atom. The number of carbonyl (C=O) groups is 1. The van der Waals surface area contributed by atoms with Crippen molar-refractivity contribution in [2.75, 3.05) is 45.9 Å². The van der Waals surface area contributed by atoms with E-state index in [4.69, 9.17) is 4.74 Å². The molecule has 1 aliphatic rings. The molecule has 0 unspecified atom stereocenters. The number of nitrogens with one attached hydrogen (secondary N) is 2. The van der Waals surface area contributed by atoms with Crippen LogP contribution in [0.1, 0.15) is 45.4 Å². The van der Waals surface area contributed by atoms with Crippen LogP contribution in [0.25, 0.3) is 0 Å². The number of aryl methyl sites for hydroxylation is 1. The lowest BCUT2D eigenvalue weighted by atomic mass is 10.4. The molecule has 1 fully saturated rings. The highest BCUT2D eigenvalue weighted by Crippen LogP contribution is 2.09.